The Morgan fingerprint density at radius 1 is 1.60 bits per heavy atom. The van der Waals surface area contributed by atoms with E-state index in [4.69, 9.17) is 5.26 Å². The second kappa shape index (κ2) is 3.41. The molecular formula is C9H15N. The van der Waals surface area contributed by atoms with Gasteiger partial charge in [-0.15, -0.1) is 0 Å². The highest BCUT2D eigenvalue weighted by atomic mass is 14.2. The van der Waals surface area contributed by atoms with Gasteiger partial charge in [-0.2, -0.15) is 5.26 Å². The fourth-order valence-corrected chi connectivity index (χ4v) is 0.571. The van der Waals surface area contributed by atoms with Crippen LogP contribution in [0.2, 0.25) is 0 Å². The summed E-state index contributed by atoms with van der Waals surface area (Å²) in [6.45, 7) is 8.44. The molecule has 56 valence electrons. The minimum Gasteiger partial charge on any atom is -0.193 e. The van der Waals surface area contributed by atoms with E-state index in [2.05, 4.69) is 20.8 Å². The molecule has 0 saturated heterocycles. The van der Waals surface area contributed by atoms with Gasteiger partial charge in [0.15, 0.2) is 0 Å². The molecule has 0 bridgehead atoms. The maximum absolute atomic E-state index is 8.37. The molecule has 0 heterocycles. The van der Waals surface area contributed by atoms with Crippen molar-refractivity contribution >= 4 is 0 Å². The SMILES string of the molecule is CCC(C)(C)/C(C)=C/C#N. The zero-order valence-corrected chi connectivity index (χ0v) is 7.23. The third-order valence-corrected chi connectivity index (χ3v) is 2.23. The van der Waals surface area contributed by atoms with Gasteiger partial charge in [-0.1, -0.05) is 26.3 Å². The van der Waals surface area contributed by atoms with Crippen molar-refractivity contribution in [2.24, 2.45) is 5.41 Å². The first-order chi connectivity index (χ1) is 4.54. The van der Waals surface area contributed by atoms with Crippen molar-refractivity contribution in [1.29, 1.82) is 5.26 Å². The summed E-state index contributed by atoms with van der Waals surface area (Å²) >= 11 is 0. The van der Waals surface area contributed by atoms with E-state index in [-0.39, 0.29) is 5.41 Å². The van der Waals surface area contributed by atoms with E-state index in [0.29, 0.717) is 0 Å². The molecule has 0 aliphatic heterocycles. The summed E-state index contributed by atoms with van der Waals surface area (Å²) in [5, 5.41) is 8.37. The van der Waals surface area contributed by atoms with Gasteiger partial charge in [0.25, 0.3) is 0 Å². The molecule has 0 aliphatic rings. The predicted molar refractivity (Wildman–Crippen MR) is 43.4 cm³/mol. The van der Waals surface area contributed by atoms with Crippen LogP contribution in [0.4, 0.5) is 0 Å². The van der Waals surface area contributed by atoms with Crippen LogP contribution in [0.15, 0.2) is 11.6 Å². The lowest BCUT2D eigenvalue weighted by Crippen LogP contribution is -2.10. The third kappa shape index (κ3) is 2.23. The molecule has 0 fully saturated rings. The van der Waals surface area contributed by atoms with Crippen LogP contribution in [-0.4, -0.2) is 0 Å². The molecular weight excluding hydrogens is 122 g/mol. The Hall–Kier alpha value is -0.770. The maximum atomic E-state index is 8.37. The first-order valence-electron chi connectivity index (χ1n) is 3.61. The molecule has 10 heavy (non-hydrogen) atoms. The summed E-state index contributed by atoms with van der Waals surface area (Å²) < 4.78 is 0. The largest absolute Gasteiger partial charge is 0.193 e. The van der Waals surface area contributed by atoms with Crippen molar-refractivity contribution in [3.63, 3.8) is 0 Å². The summed E-state index contributed by atoms with van der Waals surface area (Å²) in [6, 6.07) is 2.05. The van der Waals surface area contributed by atoms with Crippen LogP contribution in [0.3, 0.4) is 0 Å². The Balaban J connectivity index is 4.35. The first-order valence-corrected chi connectivity index (χ1v) is 3.61. The highest BCUT2D eigenvalue weighted by Gasteiger charge is 2.16. The number of hydrogen-bond donors (Lipinski definition) is 0. The fourth-order valence-electron chi connectivity index (χ4n) is 0.571. The van der Waals surface area contributed by atoms with Gasteiger partial charge in [0.05, 0.1) is 6.07 Å². The Morgan fingerprint density at radius 3 is 2.40 bits per heavy atom. The molecule has 0 atom stereocenters. The second-order valence-corrected chi connectivity index (χ2v) is 3.19. The van der Waals surface area contributed by atoms with Crippen LogP contribution in [0.1, 0.15) is 34.1 Å². The fraction of sp³-hybridized carbons (Fsp3) is 0.667. The van der Waals surface area contributed by atoms with E-state index in [0.717, 1.165) is 12.0 Å². The van der Waals surface area contributed by atoms with Crippen molar-refractivity contribution in [1.82, 2.24) is 0 Å². The smallest absolute Gasteiger partial charge is 0.0911 e. The summed E-state index contributed by atoms with van der Waals surface area (Å²) in [4.78, 5) is 0. The predicted octanol–water partition coefficient (Wildman–Crippen LogP) is 2.89. The van der Waals surface area contributed by atoms with Crippen LogP contribution < -0.4 is 0 Å². The molecule has 0 spiro atoms. The number of rotatable bonds is 2. The van der Waals surface area contributed by atoms with Gasteiger partial charge < -0.3 is 0 Å². The number of hydrogen-bond acceptors (Lipinski definition) is 1. The van der Waals surface area contributed by atoms with Gasteiger partial charge in [-0.25, -0.2) is 0 Å². The highest BCUT2D eigenvalue weighted by Crippen LogP contribution is 2.28. The lowest BCUT2D eigenvalue weighted by atomic mass is 9.82. The number of allylic oxidation sites excluding steroid dienone is 2. The van der Waals surface area contributed by atoms with Crippen LogP contribution in [-0.2, 0) is 0 Å². The summed E-state index contributed by atoms with van der Waals surface area (Å²) in [6.07, 6.45) is 2.71. The lowest BCUT2D eigenvalue weighted by molar-refractivity contribution is 0.430. The van der Waals surface area contributed by atoms with Crippen LogP contribution >= 0.6 is 0 Å². The molecule has 1 heteroatoms. The molecule has 1 nitrogen and oxygen atoms in total. The van der Waals surface area contributed by atoms with Crippen molar-refractivity contribution in [3.8, 4) is 6.07 Å². The Kier molecular flexibility index (Phi) is 3.15. The van der Waals surface area contributed by atoms with Crippen molar-refractivity contribution in [2.45, 2.75) is 34.1 Å². The topological polar surface area (TPSA) is 23.8 Å². The molecule has 0 aliphatic carbocycles. The normalized spacial score (nSPS) is 12.9. The average molecular weight is 137 g/mol. The molecule has 0 aromatic carbocycles. The quantitative estimate of drug-likeness (QED) is 0.537. The van der Waals surface area contributed by atoms with Gasteiger partial charge >= 0.3 is 0 Å². The second-order valence-electron chi connectivity index (χ2n) is 3.19. The van der Waals surface area contributed by atoms with E-state index >= 15 is 0 Å². The Bertz CT molecular complexity index is 170. The first kappa shape index (κ1) is 9.23. The van der Waals surface area contributed by atoms with Gasteiger partial charge in [0.1, 0.15) is 0 Å². The summed E-state index contributed by atoms with van der Waals surface area (Å²) in [5.41, 5.74) is 1.35. The van der Waals surface area contributed by atoms with E-state index in [9.17, 15) is 0 Å². The summed E-state index contributed by atoms with van der Waals surface area (Å²) in [5.74, 6) is 0. The minimum absolute atomic E-state index is 0.190. The standard InChI is InChI=1S/C9H15N/c1-5-9(3,4)8(2)6-7-10/h6H,5H2,1-4H3/b8-6+. The average Bonchev–Trinajstić information content (AvgIpc) is 1.89. The molecule has 0 amide bonds. The highest BCUT2D eigenvalue weighted by molar-refractivity contribution is 5.17. The third-order valence-electron chi connectivity index (χ3n) is 2.23. The summed E-state index contributed by atoms with van der Waals surface area (Å²) in [7, 11) is 0. The van der Waals surface area contributed by atoms with Crippen molar-refractivity contribution in [2.75, 3.05) is 0 Å². The van der Waals surface area contributed by atoms with Gasteiger partial charge in [-0.05, 0) is 18.8 Å². The Morgan fingerprint density at radius 2 is 2.10 bits per heavy atom. The molecule has 0 radical (unpaired) electrons. The zero-order chi connectivity index (χ0) is 8.20. The van der Waals surface area contributed by atoms with Crippen molar-refractivity contribution < 1.29 is 0 Å². The molecule has 0 aromatic heterocycles. The van der Waals surface area contributed by atoms with Crippen molar-refractivity contribution in [3.05, 3.63) is 11.6 Å². The maximum Gasteiger partial charge on any atom is 0.0911 e. The molecule has 0 unspecified atom stereocenters. The van der Waals surface area contributed by atoms with E-state index in [1.165, 1.54) is 0 Å². The van der Waals surface area contributed by atoms with E-state index in [1.54, 1.807) is 6.08 Å². The van der Waals surface area contributed by atoms with Crippen LogP contribution in [0, 0.1) is 16.7 Å². The van der Waals surface area contributed by atoms with Gasteiger partial charge in [0.2, 0.25) is 0 Å². The molecule has 0 N–H and O–H groups in total. The number of nitrogens with zero attached hydrogens (tertiary/aromatic N) is 1. The van der Waals surface area contributed by atoms with Crippen LogP contribution in [0.25, 0.3) is 0 Å². The van der Waals surface area contributed by atoms with Gasteiger partial charge in [0, 0.05) is 6.08 Å². The van der Waals surface area contributed by atoms with Crippen LogP contribution in [0.5, 0.6) is 0 Å². The van der Waals surface area contributed by atoms with E-state index < -0.39 is 0 Å². The van der Waals surface area contributed by atoms with E-state index in [1.807, 2.05) is 13.0 Å². The molecule has 0 rings (SSSR count). The zero-order valence-electron chi connectivity index (χ0n) is 7.23. The molecule has 0 saturated carbocycles. The molecule has 0 aromatic rings. The van der Waals surface area contributed by atoms with Gasteiger partial charge in [-0.3, -0.25) is 0 Å². The minimum atomic E-state index is 0.190. The Labute approximate surface area is 63.4 Å². The monoisotopic (exact) mass is 137 g/mol. The lowest BCUT2D eigenvalue weighted by Gasteiger charge is -2.22. The number of nitriles is 1.